The first-order chi connectivity index (χ1) is 9.14. The molecule has 2 aromatic rings. The lowest BCUT2D eigenvalue weighted by Crippen LogP contribution is -2.11. The molecule has 0 bridgehead atoms. The molecule has 0 unspecified atom stereocenters. The van der Waals surface area contributed by atoms with Gasteiger partial charge in [-0.05, 0) is 30.5 Å². The second-order valence-corrected chi connectivity index (χ2v) is 5.74. The van der Waals surface area contributed by atoms with Crippen LogP contribution in [-0.4, -0.2) is 16.7 Å². The number of nitrogens with zero attached hydrogens (tertiary/aromatic N) is 1. The Bertz CT molecular complexity index is 565. The summed E-state index contributed by atoms with van der Waals surface area (Å²) in [6.45, 7) is 4.42. The van der Waals surface area contributed by atoms with Gasteiger partial charge in [0.1, 0.15) is 5.76 Å². The number of benzene rings is 1. The summed E-state index contributed by atoms with van der Waals surface area (Å²) in [5.74, 6) is 1.93. The second kappa shape index (κ2) is 4.49. The van der Waals surface area contributed by atoms with Crippen LogP contribution < -0.4 is 0 Å². The van der Waals surface area contributed by atoms with E-state index in [-0.39, 0.29) is 12.0 Å². The average Bonchev–Trinajstić information content (AvgIpc) is 3.07. The van der Waals surface area contributed by atoms with Crippen molar-refractivity contribution < 1.29 is 9.52 Å². The Morgan fingerprint density at radius 3 is 2.42 bits per heavy atom. The quantitative estimate of drug-likeness (QED) is 0.912. The molecule has 1 aromatic heterocycles. The van der Waals surface area contributed by atoms with E-state index in [1.165, 1.54) is 5.56 Å². The van der Waals surface area contributed by atoms with Gasteiger partial charge in [-0.25, -0.2) is 4.98 Å². The maximum Gasteiger partial charge on any atom is 0.226 e. The summed E-state index contributed by atoms with van der Waals surface area (Å²) in [6.07, 6.45) is 3.96. The number of aromatic nitrogens is 1. The van der Waals surface area contributed by atoms with E-state index in [0.29, 0.717) is 11.8 Å². The highest BCUT2D eigenvalue weighted by atomic mass is 16.4. The summed E-state index contributed by atoms with van der Waals surface area (Å²) in [4.78, 5) is 4.32. The minimum atomic E-state index is 0.0260. The van der Waals surface area contributed by atoms with Crippen molar-refractivity contribution in [1.29, 1.82) is 0 Å². The van der Waals surface area contributed by atoms with Crippen LogP contribution in [0, 0.1) is 0 Å². The van der Waals surface area contributed by atoms with Crippen molar-refractivity contribution in [2.75, 3.05) is 6.61 Å². The van der Waals surface area contributed by atoms with Crippen LogP contribution in [0.1, 0.15) is 43.9 Å². The minimum Gasteiger partial charge on any atom is -0.441 e. The van der Waals surface area contributed by atoms with Gasteiger partial charge in [0.15, 0.2) is 0 Å². The van der Waals surface area contributed by atoms with Crippen molar-refractivity contribution >= 4 is 0 Å². The Labute approximate surface area is 113 Å². The first-order valence-corrected chi connectivity index (χ1v) is 6.82. The van der Waals surface area contributed by atoms with Gasteiger partial charge in [0, 0.05) is 16.9 Å². The van der Waals surface area contributed by atoms with Gasteiger partial charge in [-0.3, -0.25) is 0 Å². The van der Waals surface area contributed by atoms with Crippen molar-refractivity contribution in [2.45, 2.75) is 38.0 Å². The van der Waals surface area contributed by atoms with Gasteiger partial charge in [-0.1, -0.05) is 26.0 Å². The Morgan fingerprint density at radius 2 is 1.95 bits per heavy atom. The average molecular weight is 257 g/mol. The van der Waals surface area contributed by atoms with Gasteiger partial charge in [-0.15, -0.1) is 0 Å². The van der Waals surface area contributed by atoms with Gasteiger partial charge in [0.25, 0.3) is 0 Å². The highest BCUT2D eigenvalue weighted by molar-refractivity contribution is 5.54. The van der Waals surface area contributed by atoms with Crippen LogP contribution >= 0.6 is 0 Å². The molecule has 3 heteroatoms. The normalized spacial score (nSPS) is 16.8. The van der Waals surface area contributed by atoms with E-state index in [4.69, 9.17) is 4.42 Å². The summed E-state index contributed by atoms with van der Waals surface area (Å²) in [5.41, 5.74) is 2.23. The third-order valence-electron chi connectivity index (χ3n) is 3.99. The highest BCUT2D eigenvalue weighted by Crippen LogP contribution is 2.47. The van der Waals surface area contributed by atoms with E-state index >= 15 is 0 Å². The number of oxazole rings is 1. The number of hydrogen-bond acceptors (Lipinski definition) is 3. The molecule has 1 aromatic carbocycles. The lowest BCUT2D eigenvalue weighted by molar-refractivity contribution is 0.255. The van der Waals surface area contributed by atoms with Crippen LogP contribution in [0.5, 0.6) is 0 Å². The molecule has 0 aliphatic heterocycles. The molecule has 1 aliphatic rings. The predicted molar refractivity (Wildman–Crippen MR) is 74.0 cm³/mol. The number of aliphatic hydroxyl groups is 1. The standard InChI is InChI=1S/C16H19NO2/c1-11(2)14-9-17-15(19-14)12-3-5-13(6-4-12)16(10-18)7-8-16/h3-6,9,11,18H,7-8,10H2,1-2H3. The van der Waals surface area contributed by atoms with Gasteiger partial charge in [0.2, 0.25) is 5.89 Å². The Balaban J connectivity index is 1.85. The van der Waals surface area contributed by atoms with Crippen LogP contribution in [0.2, 0.25) is 0 Å². The van der Waals surface area contributed by atoms with E-state index in [0.717, 1.165) is 24.2 Å². The van der Waals surface area contributed by atoms with Gasteiger partial charge in [-0.2, -0.15) is 0 Å². The predicted octanol–water partition coefficient (Wildman–Crippen LogP) is 3.49. The fourth-order valence-corrected chi connectivity index (χ4v) is 2.34. The van der Waals surface area contributed by atoms with Gasteiger partial charge >= 0.3 is 0 Å². The molecule has 1 N–H and O–H groups in total. The van der Waals surface area contributed by atoms with Gasteiger partial charge < -0.3 is 9.52 Å². The van der Waals surface area contributed by atoms with Crippen molar-refractivity contribution in [3.8, 4) is 11.5 Å². The number of rotatable bonds is 4. The maximum absolute atomic E-state index is 9.43. The molecule has 1 heterocycles. The largest absolute Gasteiger partial charge is 0.441 e. The molecular weight excluding hydrogens is 238 g/mol. The topological polar surface area (TPSA) is 46.3 Å². The highest BCUT2D eigenvalue weighted by Gasteiger charge is 2.43. The smallest absolute Gasteiger partial charge is 0.226 e. The summed E-state index contributed by atoms with van der Waals surface area (Å²) >= 11 is 0. The molecule has 100 valence electrons. The monoisotopic (exact) mass is 257 g/mol. The lowest BCUT2D eigenvalue weighted by atomic mass is 9.96. The van der Waals surface area contributed by atoms with Crippen molar-refractivity contribution in [3.05, 3.63) is 41.8 Å². The molecule has 19 heavy (non-hydrogen) atoms. The van der Waals surface area contributed by atoms with Crippen LogP contribution in [0.15, 0.2) is 34.9 Å². The van der Waals surface area contributed by atoms with Crippen LogP contribution in [0.3, 0.4) is 0 Å². The van der Waals surface area contributed by atoms with E-state index in [9.17, 15) is 5.11 Å². The third kappa shape index (κ3) is 2.19. The fraction of sp³-hybridized carbons (Fsp3) is 0.438. The molecule has 0 saturated heterocycles. The molecule has 0 amide bonds. The zero-order valence-electron chi connectivity index (χ0n) is 11.4. The lowest BCUT2D eigenvalue weighted by Gasteiger charge is -2.11. The van der Waals surface area contributed by atoms with Gasteiger partial charge in [0.05, 0.1) is 12.8 Å². The SMILES string of the molecule is CC(C)c1cnc(-c2ccc(C3(CO)CC3)cc2)o1. The van der Waals surface area contributed by atoms with E-state index < -0.39 is 0 Å². The van der Waals surface area contributed by atoms with Crippen molar-refractivity contribution in [1.82, 2.24) is 4.98 Å². The Morgan fingerprint density at radius 1 is 1.26 bits per heavy atom. The first kappa shape index (κ1) is 12.4. The molecule has 1 saturated carbocycles. The summed E-state index contributed by atoms with van der Waals surface area (Å²) in [5, 5.41) is 9.43. The Hall–Kier alpha value is -1.61. The van der Waals surface area contributed by atoms with E-state index in [1.807, 2.05) is 12.1 Å². The summed E-state index contributed by atoms with van der Waals surface area (Å²) in [6, 6.07) is 8.22. The molecule has 1 aliphatic carbocycles. The van der Waals surface area contributed by atoms with E-state index in [2.05, 4.69) is 31.0 Å². The van der Waals surface area contributed by atoms with E-state index in [1.54, 1.807) is 6.20 Å². The van der Waals surface area contributed by atoms with Crippen molar-refractivity contribution in [3.63, 3.8) is 0 Å². The summed E-state index contributed by atoms with van der Waals surface area (Å²) < 4.78 is 5.74. The zero-order valence-corrected chi connectivity index (χ0v) is 11.4. The Kier molecular flexibility index (Phi) is 2.94. The number of aliphatic hydroxyl groups excluding tert-OH is 1. The van der Waals surface area contributed by atoms with Crippen LogP contribution in [0.4, 0.5) is 0 Å². The molecule has 0 radical (unpaired) electrons. The molecule has 1 fully saturated rings. The molecule has 0 atom stereocenters. The van der Waals surface area contributed by atoms with Crippen LogP contribution in [-0.2, 0) is 5.41 Å². The number of hydrogen-bond donors (Lipinski definition) is 1. The third-order valence-corrected chi connectivity index (χ3v) is 3.99. The maximum atomic E-state index is 9.43. The second-order valence-electron chi connectivity index (χ2n) is 5.74. The molecule has 0 spiro atoms. The summed E-state index contributed by atoms with van der Waals surface area (Å²) in [7, 11) is 0. The molecule has 3 rings (SSSR count). The van der Waals surface area contributed by atoms with Crippen molar-refractivity contribution in [2.24, 2.45) is 0 Å². The minimum absolute atomic E-state index is 0.0260. The fourth-order valence-electron chi connectivity index (χ4n) is 2.34. The first-order valence-electron chi connectivity index (χ1n) is 6.82. The molecule has 3 nitrogen and oxygen atoms in total. The molecular formula is C16H19NO2. The van der Waals surface area contributed by atoms with Crippen LogP contribution in [0.25, 0.3) is 11.5 Å². The zero-order chi connectivity index (χ0) is 13.5.